The first-order chi connectivity index (χ1) is 14.9. The Labute approximate surface area is 186 Å². The Morgan fingerprint density at radius 3 is 2.19 bits per heavy atom. The summed E-state index contributed by atoms with van der Waals surface area (Å²) in [6.07, 6.45) is 3.12. The summed E-state index contributed by atoms with van der Waals surface area (Å²) in [6, 6.07) is 14.2. The number of halogens is 1. The number of likely N-dealkylation sites (tertiary alicyclic amines) is 1. The van der Waals surface area contributed by atoms with Crippen molar-refractivity contribution in [1.82, 2.24) is 9.80 Å². The van der Waals surface area contributed by atoms with Crippen molar-refractivity contribution in [3.05, 3.63) is 70.4 Å². The number of carbonyl (C=O) groups excluding carboxylic acids is 3. The van der Waals surface area contributed by atoms with Crippen LogP contribution in [0.25, 0.3) is 5.57 Å². The smallest absolute Gasteiger partial charge is 0.278 e. The molecule has 7 heteroatoms. The van der Waals surface area contributed by atoms with Crippen LogP contribution in [-0.2, 0) is 20.9 Å². The van der Waals surface area contributed by atoms with Crippen molar-refractivity contribution >= 4 is 40.6 Å². The van der Waals surface area contributed by atoms with Crippen molar-refractivity contribution in [2.45, 2.75) is 32.7 Å². The molecular weight excluding hydrogens is 414 g/mol. The van der Waals surface area contributed by atoms with Crippen LogP contribution in [0.1, 0.15) is 37.3 Å². The lowest BCUT2D eigenvalue weighted by atomic mass is 10.0. The molecule has 2 aliphatic rings. The van der Waals surface area contributed by atoms with Gasteiger partial charge in [0.25, 0.3) is 11.8 Å². The molecule has 0 radical (unpaired) electrons. The lowest BCUT2D eigenvalue weighted by Gasteiger charge is -2.29. The van der Waals surface area contributed by atoms with Gasteiger partial charge in [-0.3, -0.25) is 19.3 Å². The van der Waals surface area contributed by atoms with Crippen LogP contribution in [0, 0.1) is 0 Å². The molecule has 2 heterocycles. The fourth-order valence-electron chi connectivity index (χ4n) is 4.07. The Balaban J connectivity index is 1.69. The second-order valence-corrected chi connectivity index (χ2v) is 8.29. The van der Waals surface area contributed by atoms with Gasteiger partial charge in [-0.2, -0.15) is 0 Å². The predicted octanol–water partition coefficient (Wildman–Crippen LogP) is 4.06. The van der Waals surface area contributed by atoms with Gasteiger partial charge in [0.2, 0.25) is 5.91 Å². The van der Waals surface area contributed by atoms with Crippen molar-refractivity contribution in [1.29, 1.82) is 0 Å². The Kier molecular flexibility index (Phi) is 6.09. The number of nitrogens with one attached hydrogen (secondary N) is 1. The number of carbonyl (C=O) groups is 3. The SMILES string of the molecule is CC(=O)Nc1ccc(C2=C(N3CCCCC3)C(=O)N(Cc3ccc(Cl)cc3)C2=O)cc1. The highest BCUT2D eigenvalue weighted by Gasteiger charge is 2.41. The number of nitrogens with zero attached hydrogens (tertiary/aromatic N) is 2. The van der Waals surface area contributed by atoms with Crippen LogP contribution in [0.5, 0.6) is 0 Å². The van der Waals surface area contributed by atoms with Gasteiger partial charge in [0, 0.05) is 30.7 Å². The van der Waals surface area contributed by atoms with Crippen molar-refractivity contribution < 1.29 is 14.4 Å². The maximum absolute atomic E-state index is 13.4. The quantitative estimate of drug-likeness (QED) is 0.716. The third kappa shape index (κ3) is 4.49. The Hall–Kier alpha value is -3.12. The van der Waals surface area contributed by atoms with Crippen LogP contribution in [0.3, 0.4) is 0 Å². The summed E-state index contributed by atoms with van der Waals surface area (Å²) in [4.78, 5) is 41.5. The highest BCUT2D eigenvalue weighted by molar-refractivity contribution is 6.35. The predicted molar refractivity (Wildman–Crippen MR) is 120 cm³/mol. The van der Waals surface area contributed by atoms with E-state index in [1.165, 1.54) is 11.8 Å². The molecule has 31 heavy (non-hydrogen) atoms. The average molecular weight is 438 g/mol. The lowest BCUT2D eigenvalue weighted by molar-refractivity contribution is -0.138. The van der Waals surface area contributed by atoms with Gasteiger partial charge in [-0.1, -0.05) is 35.9 Å². The van der Waals surface area contributed by atoms with Crippen LogP contribution >= 0.6 is 11.6 Å². The van der Waals surface area contributed by atoms with Gasteiger partial charge in [-0.15, -0.1) is 0 Å². The largest absolute Gasteiger partial charge is 0.366 e. The molecule has 0 atom stereocenters. The molecule has 0 bridgehead atoms. The lowest BCUT2D eigenvalue weighted by Crippen LogP contribution is -2.36. The third-order valence-electron chi connectivity index (χ3n) is 5.56. The molecule has 2 aromatic carbocycles. The number of anilines is 1. The standard InChI is InChI=1S/C24H24ClN3O3/c1-16(29)26-20-11-7-18(8-12-20)21-22(27-13-3-2-4-14-27)24(31)28(23(21)30)15-17-5-9-19(25)10-6-17/h5-12H,2-4,13-15H2,1H3,(H,26,29). The highest BCUT2D eigenvalue weighted by atomic mass is 35.5. The van der Waals surface area contributed by atoms with E-state index in [2.05, 4.69) is 5.32 Å². The van der Waals surface area contributed by atoms with Crippen LogP contribution in [0.2, 0.25) is 5.02 Å². The molecule has 2 aromatic rings. The topological polar surface area (TPSA) is 69.7 Å². The molecule has 4 rings (SSSR count). The molecule has 0 unspecified atom stereocenters. The Bertz CT molecular complexity index is 1040. The van der Waals surface area contributed by atoms with E-state index < -0.39 is 0 Å². The van der Waals surface area contributed by atoms with E-state index in [-0.39, 0.29) is 24.3 Å². The number of benzene rings is 2. The number of hydrogen-bond acceptors (Lipinski definition) is 4. The maximum atomic E-state index is 13.4. The molecule has 0 aliphatic carbocycles. The number of piperidine rings is 1. The Morgan fingerprint density at radius 2 is 1.58 bits per heavy atom. The van der Waals surface area contributed by atoms with Crippen LogP contribution < -0.4 is 5.32 Å². The zero-order valence-corrected chi connectivity index (χ0v) is 18.1. The summed E-state index contributed by atoms with van der Waals surface area (Å²) in [6.45, 7) is 3.16. The monoisotopic (exact) mass is 437 g/mol. The number of rotatable bonds is 5. The fourth-order valence-corrected chi connectivity index (χ4v) is 4.20. The summed E-state index contributed by atoms with van der Waals surface area (Å²) in [5.41, 5.74) is 3.06. The summed E-state index contributed by atoms with van der Waals surface area (Å²) in [5.74, 6) is -0.724. The van der Waals surface area contributed by atoms with Crippen LogP contribution in [0.15, 0.2) is 54.2 Å². The minimum Gasteiger partial charge on any atom is -0.366 e. The third-order valence-corrected chi connectivity index (χ3v) is 5.82. The second kappa shape index (κ2) is 8.94. The molecule has 0 saturated carbocycles. The molecule has 160 valence electrons. The van der Waals surface area contributed by atoms with E-state index in [1.807, 2.05) is 17.0 Å². The highest BCUT2D eigenvalue weighted by Crippen LogP contribution is 2.34. The van der Waals surface area contributed by atoms with Gasteiger partial charge in [-0.25, -0.2) is 0 Å². The van der Waals surface area contributed by atoms with Crippen molar-refractivity contribution in [2.24, 2.45) is 0 Å². The molecule has 1 saturated heterocycles. The molecule has 1 fully saturated rings. The van der Waals surface area contributed by atoms with Crippen LogP contribution in [0.4, 0.5) is 5.69 Å². The zero-order chi connectivity index (χ0) is 22.0. The maximum Gasteiger partial charge on any atom is 0.278 e. The number of hydrogen-bond donors (Lipinski definition) is 1. The van der Waals surface area contributed by atoms with E-state index in [9.17, 15) is 14.4 Å². The van der Waals surface area contributed by atoms with Gasteiger partial charge in [0.15, 0.2) is 0 Å². The van der Waals surface area contributed by atoms with Crippen LogP contribution in [-0.4, -0.2) is 40.6 Å². The van der Waals surface area contributed by atoms with Gasteiger partial charge in [-0.05, 0) is 54.7 Å². The first-order valence-electron chi connectivity index (χ1n) is 10.4. The van der Waals surface area contributed by atoms with Crippen molar-refractivity contribution in [3.8, 4) is 0 Å². The first kappa shape index (κ1) is 21.1. The van der Waals surface area contributed by atoms with E-state index in [0.717, 1.165) is 37.9 Å². The van der Waals surface area contributed by atoms with Crippen molar-refractivity contribution in [3.63, 3.8) is 0 Å². The van der Waals surface area contributed by atoms with Gasteiger partial charge in [0.1, 0.15) is 5.70 Å². The van der Waals surface area contributed by atoms with E-state index in [4.69, 9.17) is 11.6 Å². The minimum absolute atomic E-state index is 0.165. The second-order valence-electron chi connectivity index (χ2n) is 7.85. The molecular formula is C24H24ClN3O3. The average Bonchev–Trinajstić information content (AvgIpc) is 3.01. The zero-order valence-electron chi connectivity index (χ0n) is 17.4. The summed E-state index contributed by atoms with van der Waals surface area (Å²) in [5, 5.41) is 3.33. The van der Waals surface area contributed by atoms with Gasteiger partial charge < -0.3 is 10.2 Å². The first-order valence-corrected chi connectivity index (χ1v) is 10.8. The van der Waals surface area contributed by atoms with Crippen molar-refractivity contribution in [2.75, 3.05) is 18.4 Å². The van der Waals surface area contributed by atoms with E-state index >= 15 is 0 Å². The fraction of sp³-hybridized carbons (Fsp3) is 0.292. The van der Waals surface area contributed by atoms with E-state index in [0.29, 0.717) is 27.5 Å². The molecule has 0 spiro atoms. The summed E-state index contributed by atoms with van der Waals surface area (Å²) >= 11 is 5.97. The normalized spacial score (nSPS) is 16.8. The molecule has 3 amide bonds. The molecule has 0 aromatic heterocycles. The number of amides is 3. The summed E-state index contributed by atoms with van der Waals surface area (Å²) < 4.78 is 0. The molecule has 1 N–H and O–H groups in total. The van der Waals surface area contributed by atoms with E-state index in [1.54, 1.807) is 36.4 Å². The Morgan fingerprint density at radius 1 is 0.935 bits per heavy atom. The number of imide groups is 1. The van der Waals surface area contributed by atoms with Gasteiger partial charge >= 0.3 is 0 Å². The van der Waals surface area contributed by atoms with Gasteiger partial charge in [0.05, 0.1) is 12.1 Å². The summed E-state index contributed by atoms with van der Waals surface area (Å²) in [7, 11) is 0. The molecule has 6 nitrogen and oxygen atoms in total. The molecule has 2 aliphatic heterocycles. The minimum atomic E-state index is -0.298.